The zero-order chi connectivity index (χ0) is 17.5. The van der Waals surface area contributed by atoms with E-state index in [9.17, 15) is 10.2 Å². The van der Waals surface area contributed by atoms with Crippen LogP contribution < -0.4 is 5.32 Å². The quantitative estimate of drug-likeness (QED) is 0.770. The standard InChI is InChI=1S/C20H29N3O2/c24-19-7-3-1-5-17(19)15-22-11-9-21-10-12-23(14-13-22)16-18-6-2-4-8-20(18)25/h1-7,20-21,24-25H,8-16H2. The lowest BCUT2D eigenvalue weighted by Gasteiger charge is -2.28. The van der Waals surface area contributed by atoms with Gasteiger partial charge in [-0.25, -0.2) is 0 Å². The molecule has 0 amide bonds. The van der Waals surface area contributed by atoms with Crippen molar-refractivity contribution in [3.05, 3.63) is 53.6 Å². The van der Waals surface area contributed by atoms with Gasteiger partial charge >= 0.3 is 0 Å². The van der Waals surface area contributed by atoms with Crippen LogP contribution in [0.25, 0.3) is 0 Å². The first kappa shape index (κ1) is 18.1. The summed E-state index contributed by atoms with van der Waals surface area (Å²) in [6.07, 6.45) is 6.48. The van der Waals surface area contributed by atoms with Gasteiger partial charge in [0.2, 0.25) is 0 Å². The van der Waals surface area contributed by atoms with Crippen LogP contribution in [0.2, 0.25) is 0 Å². The molecule has 0 spiro atoms. The number of para-hydroxylation sites is 1. The highest BCUT2D eigenvalue weighted by molar-refractivity contribution is 5.31. The van der Waals surface area contributed by atoms with Gasteiger partial charge in [-0.1, -0.05) is 36.4 Å². The van der Waals surface area contributed by atoms with Crippen LogP contribution >= 0.6 is 0 Å². The zero-order valence-corrected chi connectivity index (χ0v) is 14.8. The number of hydrogen-bond donors (Lipinski definition) is 3. The Labute approximate surface area is 150 Å². The number of rotatable bonds is 4. The zero-order valence-electron chi connectivity index (χ0n) is 14.8. The molecule has 0 radical (unpaired) electrons. The number of allylic oxidation sites excluding steroid dienone is 2. The summed E-state index contributed by atoms with van der Waals surface area (Å²) in [7, 11) is 0. The lowest BCUT2D eigenvalue weighted by atomic mass is 10.0. The maximum atomic E-state index is 10.2. The van der Waals surface area contributed by atoms with Crippen molar-refractivity contribution in [2.24, 2.45) is 0 Å². The topological polar surface area (TPSA) is 59.0 Å². The highest BCUT2D eigenvalue weighted by Gasteiger charge is 2.18. The van der Waals surface area contributed by atoms with E-state index in [4.69, 9.17) is 0 Å². The highest BCUT2D eigenvalue weighted by Crippen LogP contribution is 2.18. The van der Waals surface area contributed by atoms with Crippen LogP contribution in [0.5, 0.6) is 5.75 Å². The molecule has 136 valence electrons. The molecule has 5 nitrogen and oxygen atoms in total. The lowest BCUT2D eigenvalue weighted by molar-refractivity contribution is 0.182. The van der Waals surface area contributed by atoms with Crippen LogP contribution in [0.4, 0.5) is 0 Å². The second-order valence-electron chi connectivity index (χ2n) is 6.85. The molecule has 1 fully saturated rings. The number of aromatic hydroxyl groups is 1. The predicted molar refractivity (Wildman–Crippen MR) is 101 cm³/mol. The average Bonchev–Trinajstić information content (AvgIpc) is 2.72. The van der Waals surface area contributed by atoms with E-state index >= 15 is 0 Å². The molecule has 3 rings (SSSR count). The molecule has 1 unspecified atom stereocenters. The maximum Gasteiger partial charge on any atom is 0.120 e. The summed E-state index contributed by atoms with van der Waals surface area (Å²) in [5.41, 5.74) is 2.08. The van der Waals surface area contributed by atoms with Gasteiger partial charge in [0.25, 0.3) is 0 Å². The fraction of sp³-hybridized carbons (Fsp3) is 0.500. The molecule has 1 heterocycles. The minimum absolute atomic E-state index is 0.344. The van der Waals surface area contributed by atoms with E-state index in [1.807, 2.05) is 36.4 Å². The van der Waals surface area contributed by atoms with Crippen molar-refractivity contribution in [3.8, 4) is 5.75 Å². The van der Waals surface area contributed by atoms with Crippen LogP contribution in [0.1, 0.15) is 12.0 Å². The Balaban J connectivity index is 1.60. The van der Waals surface area contributed by atoms with E-state index < -0.39 is 0 Å². The molecule has 5 heteroatoms. The molecule has 0 aromatic heterocycles. The Morgan fingerprint density at radius 2 is 1.72 bits per heavy atom. The second-order valence-corrected chi connectivity index (χ2v) is 6.85. The van der Waals surface area contributed by atoms with Crippen molar-refractivity contribution in [1.82, 2.24) is 15.1 Å². The summed E-state index contributed by atoms with van der Waals surface area (Å²) in [4.78, 5) is 4.79. The number of nitrogens with one attached hydrogen (secondary N) is 1. The largest absolute Gasteiger partial charge is 0.508 e. The van der Waals surface area contributed by atoms with Crippen LogP contribution in [0.3, 0.4) is 0 Å². The molecule has 0 saturated carbocycles. The molecule has 1 aromatic carbocycles. The number of phenolic OH excluding ortho intramolecular Hbond substituents is 1. The molecule has 1 aromatic rings. The molecule has 2 aliphatic rings. The average molecular weight is 343 g/mol. The number of aliphatic hydroxyl groups excluding tert-OH is 1. The van der Waals surface area contributed by atoms with Gasteiger partial charge in [0.1, 0.15) is 5.75 Å². The fourth-order valence-corrected chi connectivity index (χ4v) is 3.39. The number of hydrogen-bond acceptors (Lipinski definition) is 5. The predicted octanol–water partition coefficient (Wildman–Crippen LogP) is 1.35. The number of phenols is 1. The third-order valence-corrected chi connectivity index (χ3v) is 4.97. The summed E-state index contributed by atoms with van der Waals surface area (Å²) in [6, 6.07) is 7.57. The Kier molecular flexibility index (Phi) is 6.64. The molecular formula is C20H29N3O2. The Morgan fingerprint density at radius 1 is 1.00 bits per heavy atom. The smallest absolute Gasteiger partial charge is 0.120 e. The molecule has 3 N–H and O–H groups in total. The summed E-state index contributed by atoms with van der Waals surface area (Å²) in [6.45, 7) is 7.36. The monoisotopic (exact) mass is 343 g/mol. The van der Waals surface area contributed by atoms with Gasteiger partial charge in [0.15, 0.2) is 0 Å². The number of benzene rings is 1. The molecule has 1 aliphatic carbocycles. The Morgan fingerprint density at radius 3 is 2.44 bits per heavy atom. The van der Waals surface area contributed by atoms with Crippen molar-refractivity contribution in [3.63, 3.8) is 0 Å². The van der Waals surface area contributed by atoms with Crippen LogP contribution in [-0.4, -0.2) is 71.9 Å². The minimum Gasteiger partial charge on any atom is -0.508 e. The van der Waals surface area contributed by atoms with Gasteiger partial charge in [0, 0.05) is 57.9 Å². The van der Waals surface area contributed by atoms with E-state index in [2.05, 4.69) is 15.1 Å². The molecular weight excluding hydrogens is 314 g/mol. The molecule has 1 aliphatic heterocycles. The van der Waals surface area contributed by atoms with E-state index in [-0.39, 0.29) is 6.10 Å². The van der Waals surface area contributed by atoms with Crippen LogP contribution in [-0.2, 0) is 6.54 Å². The van der Waals surface area contributed by atoms with Crippen LogP contribution in [0, 0.1) is 0 Å². The molecule has 25 heavy (non-hydrogen) atoms. The normalized spacial score (nSPS) is 23.6. The van der Waals surface area contributed by atoms with Crippen LogP contribution in [0.15, 0.2) is 48.1 Å². The third-order valence-electron chi connectivity index (χ3n) is 4.97. The van der Waals surface area contributed by atoms with Crippen molar-refractivity contribution in [2.45, 2.75) is 19.1 Å². The van der Waals surface area contributed by atoms with Crippen molar-refractivity contribution < 1.29 is 10.2 Å². The summed E-state index contributed by atoms with van der Waals surface area (Å²) in [5, 5.41) is 23.7. The van der Waals surface area contributed by atoms with Crippen molar-refractivity contribution in [2.75, 3.05) is 45.8 Å². The summed E-state index contributed by atoms with van der Waals surface area (Å²) >= 11 is 0. The van der Waals surface area contributed by atoms with E-state index in [1.165, 1.54) is 0 Å². The van der Waals surface area contributed by atoms with E-state index in [0.29, 0.717) is 5.75 Å². The van der Waals surface area contributed by atoms with Gasteiger partial charge in [-0.15, -0.1) is 0 Å². The number of aliphatic hydroxyl groups is 1. The number of nitrogens with zero attached hydrogens (tertiary/aromatic N) is 2. The van der Waals surface area contributed by atoms with E-state index in [1.54, 1.807) is 6.07 Å². The van der Waals surface area contributed by atoms with Gasteiger partial charge < -0.3 is 15.5 Å². The Hall–Kier alpha value is -1.66. The first-order chi connectivity index (χ1) is 12.2. The van der Waals surface area contributed by atoms with Gasteiger partial charge in [-0.3, -0.25) is 9.80 Å². The van der Waals surface area contributed by atoms with Gasteiger partial charge in [-0.2, -0.15) is 0 Å². The summed E-state index contributed by atoms with van der Waals surface area (Å²) < 4.78 is 0. The lowest BCUT2D eigenvalue weighted by Crippen LogP contribution is -2.38. The van der Waals surface area contributed by atoms with Gasteiger partial charge in [0.05, 0.1) is 6.10 Å². The molecule has 1 atom stereocenters. The molecule has 0 bridgehead atoms. The van der Waals surface area contributed by atoms with Gasteiger partial charge in [-0.05, 0) is 18.1 Å². The highest BCUT2D eigenvalue weighted by atomic mass is 16.3. The Bertz CT molecular complexity index is 615. The molecule has 1 saturated heterocycles. The first-order valence-electron chi connectivity index (χ1n) is 9.18. The SMILES string of the molecule is Oc1ccccc1CN1CCNCCN(CC2=CC=CCC2O)CC1. The third kappa shape index (κ3) is 5.41. The van der Waals surface area contributed by atoms with Crippen molar-refractivity contribution >= 4 is 0 Å². The maximum absolute atomic E-state index is 10.2. The van der Waals surface area contributed by atoms with E-state index in [0.717, 1.165) is 69.9 Å². The minimum atomic E-state index is -0.344. The van der Waals surface area contributed by atoms with Crippen molar-refractivity contribution in [1.29, 1.82) is 0 Å². The summed E-state index contributed by atoms with van der Waals surface area (Å²) in [5.74, 6) is 0.370. The fourth-order valence-electron chi connectivity index (χ4n) is 3.39. The first-order valence-corrected chi connectivity index (χ1v) is 9.18. The second kappa shape index (κ2) is 9.15.